The van der Waals surface area contributed by atoms with Gasteiger partial charge in [-0.15, -0.1) is 0 Å². The average molecular weight is 306 g/mol. The molecule has 0 aliphatic heterocycles. The molecule has 3 aromatic rings. The molecule has 1 heteroatoms. The van der Waals surface area contributed by atoms with Gasteiger partial charge in [0.2, 0.25) is 0 Å². The second-order valence-electron chi connectivity index (χ2n) is 4.89. The first-order valence-corrected chi connectivity index (χ1v) is 7.53. The largest absolute Gasteiger partial charge is 0.307 e. The molecule has 3 aromatic carbocycles. The third-order valence-electron chi connectivity index (χ3n) is 3.03. The van der Waals surface area contributed by atoms with Crippen molar-refractivity contribution in [2.45, 2.75) is 20.8 Å². The number of aryl methyl sites for hydroxylation is 3. The van der Waals surface area contributed by atoms with Gasteiger partial charge in [0.15, 0.2) is 0 Å². The molecule has 23 heavy (non-hydrogen) atoms. The highest BCUT2D eigenvalue weighted by molar-refractivity contribution is 5.23. The second kappa shape index (κ2) is 14.3. The monoisotopic (exact) mass is 306 g/mol. The summed E-state index contributed by atoms with van der Waals surface area (Å²) in [6.07, 6.45) is 0. The van der Waals surface area contributed by atoms with Gasteiger partial charge < -0.3 is 4.79 Å². The Balaban J connectivity index is 0.000000302. The van der Waals surface area contributed by atoms with E-state index in [2.05, 4.69) is 57.2 Å². The fraction of sp³-hybridized carbons (Fsp3) is 0.136. The van der Waals surface area contributed by atoms with Crippen LogP contribution in [0, 0.1) is 20.8 Å². The zero-order valence-electron chi connectivity index (χ0n) is 14.3. The summed E-state index contributed by atoms with van der Waals surface area (Å²) in [6.45, 7) is 8.32. The van der Waals surface area contributed by atoms with Crippen molar-refractivity contribution in [3.8, 4) is 0 Å². The van der Waals surface area contributed by atoms with E-state index in [1.54, 1.807) is 0 Å². The molecule has 0 amide bonds. The molecule has 120 valence electrons. The molecule has 0 atom stereocenters. The van der Waals surface area contributed by atoms with E-state index in [0.29, 0.717) is 0 Å². The lowest BCUT2D eigenvalue weighted by Gasteiger charge is -1.93. The maximum absolute atomic E-state index is 8.00. The molecule has 0 N–H and O–H groups in total. The van der Waals surface area contributed by atoms with E-state index < -0.39 is 0 Å². The molecule has 3 rings (SSSR count). The van der Waals surface area contributed by atoms with E-state index in [1.165, 1.54) is 16.7 Å². The topological polar surface area (TPSA) is 17.1 Å². The van der Waals surface area contributed by atoms with Crippen LogP contribution in [0.2, 0.25) is 0 Å². The van der Waals surface area contributed by atoms with Crippen molar-refractivity contribution in [1.82, 2.24) is 0 Å². The molecule has 0 saturated carbocycles. The number of carbonyl (C=O) groups excluding carboxylic acids is 1. The first-order valence-electron chi connectivity index (χ1n) is 7.53. The third-order valence-corrected chi connectivity index (χ3v) is 3.03. The van der Waals surface area contributed by atoms with Crippen LogP contribution in [0.3, 0.4) is 0 Å². The summed E-state index contributed by atoms with van der Waals surface area (Å²) in [4.78, 5) is 8.00. The van der Waals surface area contributed by atoms with Crippen LogP contribution in [0.1, 0.15) is 16.7 Å². The summed E-state index contributed by atoms with van der Waals surface area (Å²) in [7, 11) is 0. The van der Waals surface area contributed by atoms with E-state index in [-0.39, 0.29) is 0 Å². The molecule has 0 radical (unpaired) electrons. The van der Waals surface area contributed by atoms with Crippen LogP contribution in [0.5, 0.6) is 0 Å². The minimum Gasteiger partial charge on any atom is -0.307 e. The van der Waals surface area contributed by atoms with Gasteiger partial charge in [-0.2, -0.15) is 0 Å². The SMILES string of the molecule is C=O.Cc1ccccc1.Cc1ccccc1C.c1ccccc1. The van der Waals surface area contributed by atoms with Gasteiger partial charge in [0.05, 0.1) is 0 Å². The smallest absolute Gasteiger partial charge is 0.106 e. The molecule has 1 nitrogen and oxygen atoms in total. The van der Waals surface area contributed by atoms with Crippen molar-refractivity contribution in [2.75, 3.05) is 0 Å². The van der Waals surface area contributed by atoms with Crippen LogP contribution in [0.4, 0.5) is 0 Å². The highest BCUT2D eigenvalue weighted by atomic mass is 16.1. The number of carbonyl (C=O) groups is 1. The summed E-state index contributed by atoms with van der Waals surface area (Å²) in [5.41, 5.74) is 4.06. The molecule has 0 bridgehead atoms. The Kier molecular flexibility index (Phi) is 12.6. The standard InChI is InChI=1S/C8H10.C7H8.C6H6.CH2O/c1-7-5-3-4-6-8(7)2;1-7-5-3-2-4-6-7;1-2-4-6-5-3-1;1-2/h3-6H,1-2H3;2-6H,1H3;1-6H;1H2. The number of hydrogen-bond donors (Lipinski definition) is 0. The Hall–Kier alpha value is -2.67. The van der Waals surface area contributed by atoms with Gasteiger partial charge in [-0.3, -0.25) is 0 Å². The molecule has 0 aromatic heterocycles. The summed E-state index contributed by atoms with van der Waals surface area (Å²) >= 11 is 0. The maximum atomic E-state index is 8.00. The highest BCUT2D eigenvalue weighted by Crippen LogP contribution is 2.02. The van der Waals surface area contributed by atoms with Gasteiger partial charge in [0, 0.05) is 0 Å². The van der Waals surface area contributed by atoms with Crippen molar-refractivity contribution in [3.05, 3.63) is 108 Å². The van der Waals surface area contributed by atoms with Crippen LogP contribution in [-0.2, 0) is 4.79 Å². The Morgan fingerprint density at radius 3 is 0.957 bits per heavy atom. The fourth-order valence-corrected chi connectivity index (χ4v) is 1.58. The van der Waals surface area contributed by atoms with E-state index in [1.807, 2.05) is 61.4 Å². The van der Waals surface area contributed by atoms with Crippen LogP contribution in [-0.4, -0.2) is 6.79 Å². The van der Waals surface area contributed by atoms with Crippen molar-refractivity contribution in [1.29, 1.82) is 0 Å². The fourth-order valence-electron chi connectivity index (χ4n) is 1.58. The van der Waals surface area contributed by atoms with E-state index in [4.69, 9.17) is 4.79 Å². The molecule has 0 fully saturated rings. The average Bonchev–Trinajstić information content (AvgIpc) is 2.63. The Morgan fingerprint density at radius 2 is 0.739 bits per heavy atom. The number of rotatable bonds is 0. The molecule has 0 spiro atoms. The maximum Gasteiger partial charge on any atom is 0.106 e. The van der Waals surface area contributed by atoms with Crippen LogP contribution in [0.25, 0.3) is 0 Å². The molecular formula is C22H26O. The summed E-state index contributed by atoms with van der Waals surface area (Å²) in [5.74, 6) is 0. The van der Waals surface area contributed by atoms with Crippen molar-refractivity contribution < 1.29 is 4.79 Å². The molecular weight excluding hydrogens is 280 g/mol. The van der Waals surface area contributed by atoms with Crippen molar-refractivity contribution in [3.63, 3.8) is 0 Å². The minimum atomic E-state index is 1.32. The Bertz CT molecular complexity index is 555. The van der Waals surface area contributed by atoms with E-state index in [9.17, 15) is 0 Å². The number of hydrogen-bond acceptors (Lipinski definition) is 1. The van der Waals surface area contributed by atoms with E-state index >= 15 is 0 Å². The van der Waals surface area contributed by atoms with E-state index in [0.717, 1.165) is 0 Å². The van der Waals surface area contributed by atoms with Gasteiger partial charge in [0.25, 0.3) is 0 Å². The zero-order chi connectivity index (χ0) is 17.3. The molecule has 0 aliphatic rings. The normalized spacial score (nSPS) is 8.13. The summed E-state index contributed by atoms with van der Waals surface area (Å²) < 4.78 is 0. The van der Waals surface area contributed by atoms with Crippen LogP contribution < -0.4 is 0 Å². The Labute approximate surface area is 140 Å². The minimum absolute atomic E-state index is 1.32. The quantitative estimate of drug-likeness (QED) is 0.513. The predicted molar refractivity (Wildman–Crippen MR) is 101 cm³/mol. The van der Waals surface area contributed by atoms with Gasteiger partial charge in [0.1, 0.15) is 6.79 Å². The molecule has 0 heterocycles. The highest BCUT2D eigenvalue weighted by Gasteiger charge is 1.83. The Morgan fingerprint density at radius 1 is 0.478 bits per heavy atom. The molecule has 0 unspecified atom stereocenters. The molecule has 0 aliphatic carbocycles. The van der Waals surface area contributed by atoms with Gasteiger partial charge >= 0.3 is 0 Å². The lowest BCUT2D eigenvalue weighted by atomic mass is 10.1. The number of benzene rings is 3. The van der Waals surface area contributed by atoms with Crippen LogP contribution >= 0.6 is 0 Å². The zero-order valence-corrected chi connectivity index (χ0v) is 14.3. The lowest BCUT2D eigenvalue weighted by molar-refractivity contribution is -0.0979. The third kappa shape index (κ3) is 11.6. The van der Waals surface area contributed by atoms with Gasteiger partial charge in [-0.25, -0.2) is 0 Å². The predicted octanol–water partition coefficient (Wildman–Crippen LogP) is 5.80. The van der Waals surface area contributed by atoms with Crippen molar-refractivity contribution in [2.24, 2.45) is 0 Å². The van der Waals surface area contributed by atoms with Crippen molar-refractivity contribution >= 4 is 6.79 Å². The summed E-state index contributed by atoms with van der Waals surface area (Å²) in [5, 5.41) is 0. The first kappa shape index (κ1) is 20.3. The summed E-state index contributed by atoms with van der Waals surface area (Å²) in [6, 6.07) is 30.6. The first-order chi connectivity index (χ1) is 11.2. The second-order valence-corrected chi connectivity index (χ2v) is 4.89. The molecule has 0 saturated heterocycles. The van der Waals surface area contributed by atoms with Gasteiger partial charge in [-0.1, -0.05) is 96.6 Å². The lowest BCUT2D eigenvalue weighted by Crippen LogP contribution is -1.74. The van der Waals surface area contributed by atoms with Gasteiger partial charge in [-0.05, 0) is 31.9 Å². The van der Waals surface area contributed by atoms with Crippen LogP contribution in [0.15, 0.2) is 91.0 Å².